The fraction of sp³-hybridized carbons (Fsp3) is 0.355. The average Bonchev–Trinajstić information content (AvgIpc) is 2.99. The van der Waals surface area contributed by atoms with Gasteiger partial charge in [0.15, 0.2) is 0 Å². The SMILES string of the molecule is CC[C@H](C(=O)NC1CCCCC1)N(Cc1ccc(Cl)c(Cl)c1)C(=O)CN(c1ccccc1F)S(=O)(=O)c1ccccc1. The first-order chi connectivity index (χ1) is 20.1. The molecule has 0 aromatic heterocycles. The summed E-state index contributed by atoms with van der Waals surface area (Å²) in [5, 5.41) is 3.70. The highest BCUT2D eigenvalue weighted by Crippen LogP contribution is 2.28. The minimum absolute atomic E-state index is 0.00981. The van der Waals surface area contributed by atoms with Gasteiger partial charge in [-0.1, -0.05) is 85.8 Å². The molecule has 1 saturated carbocycles. The average molecular weight is 635 g/mol. The zero-order chi connectivity index (χ0) is 30.3. The van der Waals surface area contributed by atoms with Crippen molar-refractivity contribution < 1.29 is 22.4 Å². The third-order valence-corrected chi connectivity index (χ3v) is 9.92. The van der Waals surface area contributed by atoms with Crippen molar-refractivity contribution in [3.63, 3.8) is 0 Å². The van der Waals surface area contributed by atoms with E-state index in [1.54, 1.807) is 43.3 Å². The summed E-state index contributed by atoms with van der Waals surface area (Å²) in [6.45, 7) is 1.02. The van der Waals surface area contributed by atoms with Crippen molar-refractivity contribution in [2.75, 3.05) is 10.8 Å². The minimum Gasteiger partial charge on any atom is -0.352 e. The van der Waals surface area contributed by atoms with Crippen LogP contribution >= 0.6 is 23.2 Å². The fourth-order valence-electron chi connectivity index (χ4n) is 5.19. The monoisotopic (exact) mass is 633 g/mol. The number of halogens is 3. The van der Waals surface area contributed by atoms with E-state index in [9.17, 15) is 18.0 Å². The topological polar surface area (TPSA) is 86.8 Å². The zero-order valence-electron chi connectivity index (χ0n) is 23.3. The molecule has 0 saturated heterocycles. The summed E-state index contributed by atoms with van der Waals surface area (Å²) < 4.78 is 43.4. The zero-order valence-corrected chi connectivity index (χ0v) is 25.6. The molecule has 0 spiro atoms. The van der Waals surface area contributed by atoms with E-state index >= 15 is 4.39 Å². The molecule has 7 nitrogen and oxygen atoms in total. The largest absolute Gasteiger partial charge is 0.352 e. The van der Waals surface area contributed by atoms with E-state index in [-0.39, 0.29) is 40.5 Å². The van der Waals surface area contributed by atoms with Crippen LogP contribution in [0.25, 0.3) is 0 Å². The van der Waals surface area contributed by atoms with E-state index in [4.69, 9.17) is 23.2 Å². The van der Waals surface area contributed by atoms with Crippen LogP contribution in [0.3, 0.4) is 0 Å². The Bertz CT molecular complexity index is 1500. The van der Waals surface area contributed by atoms with Crippen LogP contribution in [0, 0.1) is 5.82 Å². The summed E-state index contributed by atoms with van der Waals surface area (Å²) in [7, 11) is -4.36. The van der Waals surface area contributed by atoms with Gasteiger partial charge in [-0.15, -0.1) is 0 Å². The summed E-state index contributed by atoms with van der Waals surface area (Å²) >= 11 is 12.4. The Morgan fingerprint density at radius 1 is 0.952 bits per heavy atom. The van der Waals surface area contributed by atoms with Gasteiger partial charge in [0.05, 0.1) is 20.6 Å². The molecule has 3 aromatic rings. The highest BCUT2D eigenvalue weighted by molar-refractivity contribution is 7.92. The standard InChI is InChI=1S/C31H34Cl2FN3O4S/c1-2-28(31(39)35-23-11-5-3-6-12-23)36(20-22-17-18-25(32)26(33)19-22)30(38)21-37(29-16-10-9-15-27(29)34)42(40,41)24-13-7-4-8-14-24/h4,7-10,13-19,23,28H,2-3,5-6,11-12,20-21H2,1H3,(H,35,39)/t28-/m1/s1. The Hall–Kier alpha value is -3.14. The van der Waals surface area contributed by atoms with Crippen molar-refractivity contribution in [2.24, 2.45) is 0 Å². The number of benzene rings is 3. The molecular formula is C31H34Cl2FN3O4S. The van der Waals surface area contributed by atoms with Gasteiger partial charge >= 0.3 is 0 Å². The quantitative estimate of drug-likeness (QED) is 0.258. The number of para-hydroxylation sites is 1. The summed E-state index contributed by atoms with van der Waals surface area (Å²) in [5.74, 6) is -1.79. The van der Waals surface area contributed by atoms with Crippen molar-refractivity contribution in [3.05, 3.63) is 94.2 Å². The maximum absolute atomic E-state index is 15.1. The first-order valence-corrected chi connectivity index (χ1v) is 16.2. The molecular weight excluding hydrogens is 600 g/mol. The predicted octanol–water partition coefficient (Wildman–Crippen LogP) is 6.58. The van der Waals surface area contributed by atoms with Crippen LogP contribution < -0.4 is 9.62 Å². The number of rotatable bonds is 11. The minimum atomic E-state index is -4.36. The number of hydrogen-bond acceptors (Lipinski definition) is 4. The lowest BCUT2D eigenvalue weighted by Gasteiger charge is -2.34. The number of anilines is 1. The second kappa shape index (κ2) is 14.4. The highest BCUT2D eigenvalue weighted by Gasteiger charge is 2.35. The van der Waals surface area contributed by atoms with Crippen LogP contribution in [0.2, 0.25) is 10.0 Å². The molecule has 1 aliphatic rings. The number of carbonyl (C=O) groups is 2. The van der Waals surface area contributed by atoms with Crippen LogP contribution in [0.1, 0.15) is 51.0 Å². The number of hydrogen-bond donors (Lipinski definition) is 1. The first kappa shape index (κ1) is 31.8. The van der Waals surface area contributed by atoms with E-state index in [1.165, 1.54) is 35.2 Å². The number of carbonyl (C=O) groups excluding carboxylic acids is 2. The van der Waals surface area contributed by atoms with E-state index in [2.05, 4.69) is 5.32 Å². The molecule has 3 aromatic carbocycles. The fourth-order valence-corrected chi connectivity index (χ4v) is 6.95. The molecule has 4 rings (SSSR count). The Morgan fingerprint density at radius 2 is 1.62 bits per heavy atom. The third-order valence-electron chi connectivity index (χ3n) is 7.41. The van der Waals surface area contributed by atoms with Gasteiger partial charge in [0.25, 0.3) is 10.0 Å². The van der Waals surface area contributed by atoms with E-state index in [0.717, 1.165) is 42.5 Å². The second-order valence-corrected chi connectivity index (χ2v) is 13.0. The number of nitrogens with zero attached hydrogens (tertiary/aromatic N) is 2. The van der Waals surface area contributed by atoms with Crippen LogP contribution in [-0.4, -0.2) is 43.8 Å². The molecule has 1 atom stereocenters. The molecule has 224 valence electrons. The normalized spacial score (nSPS) is 14.7. The predicted molar refractivity (Wildman–Crippen MR) is 163 cm³/mol. The molecule has 1 aliphatic carbocycles. The molecule has 11 heteroatoms. The maximum atomic E-state index is 15.1. The van der Waals surface area contributed by atoms with Crippen LogP contribution in [-0.2, 0) is 26.2 Å². The maximum Gasteiger partial charge on any atom is 0.264 e. The van der Waals surface area contributed by atoms with Gasteiger partial charge in [-0.2, -0.15) is 0 Å². The van der Waals surface area contributed by atoms with Crippen molar-refractivity contribution in [3.8, 4) is 0 Å². The Morgan fingerprint density at radius 3 is 2.26 bits per heavy atom. The summed E-state index contributed by atoms with van der Waals surface area (Å²) in [6, 6.07) is 16.9. The molecule has 0 radical (unpaired) electrons. The molecule has 1 fully saturated rings. The third kappa shape index (κ3) is 7.62. The number of amides is 2. The van der Waals surface area contributed by atoms with E-state index < -0.39 is 34.3 Å². The Kier molecular flexibility index (Phi) is 10.9. The molecule has 0 unspecified atom stereocenters. The Labute approximate surface area is 256 Å². The smallest absolute Gasteiger partial charge is 0.264 e. The highest BCUT2D eigenvalue weighted by atomic mass is 35.5. The van der Waals surface area contributed by atoms with Gasteiger partial charge in [-0.05, 0) is 61.2 Å². The molecule has 0 heterocycles. The van der Waals surface area contributed by atoms with Crippen LogP contribution in [0.15, 0.2) is 77.7 Å². The van der Waals surface area contributed by atoms with Gasteiger partial charge < -0.3 is 10.2 Å². The summed E-state index contributed by atoms with van der Waals surface area (Å²) in [4.78, 5) is 29.0. The summed E-state index contributed by atoms with van der Waals surface area (Å²) in [5.41, 5.74) is 0.328. The van der Waals surface area contributed by atoms with Crippen molar-refractivity contribution >= 4 is 50.7 Å². The van der Waals surface area contributed by atoms with Gasteiger partial charge in [-0.25, -0.2) is 12.8 Å². The molecule has 0 bridgehead atoms. The first-order valence-electron chi connectivity index (χ1n) is 14.0. The van der Waals surface area contributed by atoms with Crippen molar-refractivity contribution in [2.45, 2.75) is 69.0 Å². The number of nitrogens with one attached hydrogen (secondary N) is 1. The second-order valence-electron chi connectivity index (χ2n) is 10.3. The van der Waals surface area contributed by atoms with Gasteiger partial charge in [0.2, 0.25) is 11.8 Å². The number of sulfonamides is 1. The van der Waals surface area contributed by atoms with Crippen LogP contribution in [0.4, 0.5) is 10.1 Å². The lowest BCUT2D eigenvalue weighted by atomic mass is 9.95. The van der Waals surface area contributed by atoms with Crippen LogP contribution in [0.5, 0.6) is 0 Å². The lowest BCUT2D eigenvalue weighted by molar-refractivity contribution is -0.140. The summed E-state index contributed by atoms with van der Waals surface area (Å²) in [6.07, 6.45) is 5.15. The Balaban J connectivity index is 1.72. The van der Waals surface area contributed by atoms with E-state index in [0.29, 0.717) is 10.6 Å². The van der Waals surface area contributed by atoms with Gasteiger partial charge in [0, 0.05) is 12.6 Å². The van der Waals surface area contributed by atoms with Crippen molar-refractivity contribution in [1.82, 2.24) is 10.2 Å². The molecule has 2 amide bonds. The van der Waals surface area contributed by atoms with Gasteiger partial charge in [0.1, 0.15) is 18.4 Å². The van der Waals surface area contributed by atoms with Crippen molar-refractivity contribution in [1.29, 1.82) is 0 Å². The molecule has 1 N–H and O–H groups in total. The van der Waals surface area contributed by atoms with Gasteiger partial charge in [-0.3, -0.25) is 13.9 Å². The molecule has 0 aliphatic heterocycles. The van der Waals surface area contributed by atoms with E-state index in [1.807, 2.05) is 0 Å². The molecule has 42 heavy (non-hydrogen) atoms. The lowest BCUT2D eigenvalue weighted by Crippen LogP contribution is -2.54.